The summed E-state index contributed by atoms with van der Waals surface area (Å²) in [5.74, 6) is 0.647. The van der Waals surface area contributed by atoms with Gasteiger partial charge in [-0.1, -0.05) is 6.07 Å². The lowest BCUT2D eigenvalue weighted by atomic mass is 10.1. The monoisotopic (exact) mass is 277 g/mol. The molecule has 1 aromatic carbocycles. The third-order valence-electron chi connectivity index (χ3n) is 4.05. The Hall–Kier alpha value is -1.46. The van der Waals surface area contributed by atoms with E-state index in [0.29, 0.717) is 12.1 Å². The van der Waals surface area contributed by atoms with E-state index in [1.54, 1.807) is 6.07 Å². The van der Waals surface area contributed by atoms with Gasteiger partial charge in [-0.25, -0.2) is 9.37 Å². The van der Waals surface area contributed by atoms with Crippen molar-refractivity contribution in [3.05, 3.63) is 29.8 Å². The fourth-order valence-corrected chi connectivity index (χ4v) is 2.91. The number of nitrogens with zero attached hydrogens (tertiary/aromatic N) is 3. The van der Waals surface area contributed by atoms with Crippen molar-refractivity contribution < 1.29 is 9.50 Å². The fraction of sp³-hybridized carbons (Fsp3) is 0.533. The number of piperidine rings is 1. The molecule has 0 atom stereocenters. The Morgan fingerprint density at radius 1 is 1.35 bits per heavy atom. The molecule has 2 aromatic rings. The number of fused-ring (bicyclic) bond motifs is 1. The van der Waals surface area contributed by atoms with Crippen LogP contribution in [0.3, 0.4) is 0 Å². The lowest BCUT2D eigenvalue weighted by Crippen LogP contribution is -2.36. The Labute approximate surface area is 117 Å². The van der Waals surface area contributed by atoms with E-state index in [-0.39, 0.29) is 11.9 Å². The number of likely N-dealkylation sites (tertiary alicyclic amines) is 1. The predicted octanol–water partition coefficient (Wildman–Crippen LogP) is 2.15. The maximum absolute atomic E-state index is 13.8. The van der Waals surface area contributed by atoms with Crippen molar-refractivity contribution in [1.82, 2.24) is 14.5 Å². The van der Waals surface area contributed by atoms with E-state index in [4.69, 9.17) is 0 Å². The lowest BCUT2D eigenvalue weighted by molar-refractivity contribution is 0.0776. The number of hydrogen-bond acceptors (Lipinski definition) is 3. The standard InChI is InChI=1S/C15H20FN3O/c1-2-19-13-5-3-4-12(16)15(13)17-14(19)10-18-8-6-11(20)7-9-18/h3-5,11,20H,2,6-10H2,1H3. The minimum Gasteiger partial charge on any atom is -0.393 e. The highest BCUT2D eigenvalue weighted by molar-refractivity contribution is 5.76. The highest BCUT2D eigenvalue weighted by Crippen LogP contribution is 2.21. The summed E-state index contributed by atoms with van der Waals surface area (Å²) in [6.45, 7) is 5.29. The summed E-state index contributed by atoms with van der Waals surface area (Å²) in [6, 6.07) is 5.10. The van der Waals surface area contributed by atoms with Crippen molar-refractivity contribution in [1.29, 1.82) is 0 Å². The molecule has 5 heteroatoms. The molecule has 1 aromatic heterocycles. The highest BCUT2D eigenvalue weighted by Gasteiger charge is 2.20. The molecular formula is C15H20FN3O. The SMILES string of the molecule is CCn1c(CN2CCC(O)CC2)nc2c(F)cccc21. The maximum Gasteiger partial charge on any atom is 0.151 e. The van der Waals surface area contributed by atoms with Crippen LogP contribution in [0.4, 0.5) is 4.39 Å². The van der Waals surface area contributed by atoms with Crippen LogP contribution in [0.2, 0.25) is 0 Å². The van der Waals surface area contributed by atoms with Gasteiger partial charge >= 0.3 is 0 Å². The average molecular weight is 277 g/mol. The molecule has 108 valence electrons. The number of para-hydroxylation sites is 1. The first kappa shape index (κ1) is 13.5. The van der Waals surface area contributed by atoms with Crippen LogP contribution in [0.15, 0.2) is 18.2 Å². The topological polar surface area (TPSA) is 41.3 Å². The van der Waals surface area contributed by atoms with Crippen molar-refractivity contribution in [2.75, 3.05) is 13.1 Å². The summed E-state index contributed by atoms with van der Waals surface area (Å²) in [5.41, 5.74) is 1.32. The molecule has 0 amide bonds. The fourth-order valence-electron chi connectivity index (χ4n) is 2.91. The molecule has 0 radical (unpaired) electrons. The Bertz CT molecular complexity index is 602. The molecule has 0 aliphatic carbocycles. The van der Waals surface area contributed by atoms with Crippen LogP contribution in [-0.4, -0.2) is 38.8 Å². The molecule has 0 saturated carbocycles. The quantitative estimate of drug-likeness (QED) is 0.934. The van der Waals surface area contributed by atoms with Crippen LogP contribution in [0.5, 0.6) is 0 Å². The van der Waals surface area contributed by atoms with Crippen LogP contribution in [0.25, 0.3) is 11.0 Å². The largest absolute Gasteiger partial charge is 0.393 e. The smallest absolute Gasteiger partial charge is 0.151 e. The molecule has 2 heterocycles. The van der Waals surface area contributed by atoms with Crippen LogP contribution in [0, 0.1) is 5.82 Å². The van der Waals surface area contributed by atoms with Crippen molar-refractivity contribution in [3.63, 3.8) is 0 Å². The zero-order valence-corrected chi connectivity index (χ0v) is 11.7. The van der Waals surface area contributed by atoms with E-state index < -0.39 is 0 Å². The summed E-state index contributed by atoms with van der Waals surface area (Å²) >= 11 is 0. The van der Waals surface area contributed by atoms with Gasteiger partial charge in [-0.2, -0.15) is 0 Å². The van der Waals surface area contributed by atoms with E-state index >= 15 is 0 Å². The minimum atomic E-state index is -0.259. The number of benzene rings is 1. The molecule has 20 heavy (non-hydrogen) atoms. The molecule has 1 fully saturated rings. The van der Waals surface area contributed by atoms with E-state index in [9.17, 15) is 9.50 Å². The molecule has 4 nitrogen and oxygen atoms in total. The number of aryl methyl sites for hydroxylation is 1. The summed E-state index contributed by atoms with van der Waals surface area (Å²) in [6.07, 6.45) is 1.44. The number of aliphatic hydroxyl groups is 1. The molecule has 3 rings (SSSR count). The zero-order valence-electron chi connectivity index (χ0n) is 11.7. The number of aliphatic hydroxyl groups excluding tert-OH is 1. The molecule has 1 aliphatic rings. The van der Waals surface area contributed by atoms with Crippen molar-refractivity contribution in [2.24, 2.45) is 0 Å². The molecule has 1 aliphatic heterocycles. The second kappa shape index (κ2) is 5.50. The molecule has 0 bridgehead atoms. The molecule has 0 spiro atoms. The van der Waals surface area contributed by atoms with Crippen LogP contribution < -0.4 is 0 Å². The number of aromatic nitrogens is 2. The molecule has 1 N–H and O–H groups in total. The van der Waals surface area contributed by atoms with Crippen LogP contribution in [-0.2, 0) is 13.1 Å². The van der Waals surface area contributed by atoms with Gasteiger partial charge in [-0.05, 0) is 31.9 Å². The van der Waals surface area contributed by atoms with E-state index in [1.807, 2.05) is 6.07 Å². The zero-order chi connectivity index (χ0) is 14.1. The average Bonchev–Trinajstić information content (AvgIpc) is 2.80. The van der Waals surface area contributed by atoms with Gasteiger partial charge in [-0.3, -0.25) is 4.90 Å². The van der Waals surface area contributed by atoms with Gasteiger partial charge in [0.2, 0.25) is 0 Å². The summed E-state index contributed by atoms with van der Waals surface area (Å²) in [4.78, 5) is 6.76. The number of hydrogen-bond donors (Lipinski definition) is 1. The van der Waals surface area contributed by atoms with E-state index in [2.05, 4.69) is 21.4 Å². The van der Waals surface area contributed by atoms with Crippen molar-refractivity contribution in [2.45, 2.75) is 39.0 Å². The Morgan fingerprint density at radius 3 is 2.80 bits per heavy atom. The number of imidazole rings is 1. The van der Waals surface area contributed by atoms with Crippen LogP contribution in [0.1, 0.15) is 25.6 Å². The van der Waals surface area contributed by atoms with Gasteiger partial charge in [-0.15, -0.1) is 0 Å². The normalized spacial score (nSPS) is 17.9. The van der Waals surface area contributed by atoms with Crippen molar-refractivity contribution in [3.8, 4) is 0 Å². The van der Waals surface area contributed by atoms with Crippen LogP contribution >= 0.6 is 0 Å². The third kappa shape index (κ3) is 2.43. The summed E-state index contributed by atoms with van der Waals surface area (Å²) in [5, 5.41) is 9.55. The predicted molar refractivity (Wildman–Crippen MR) is 75.9 cm³/mol. The first-order chi connectivity index (χ1) is 9.69. The Balaban J connectivity index is 1.89. The molecule has 0 unspecified atom stereocenters. The Morgan fingerprint density at radius 2 is 2.10 bits per heavy atom. The van der Waals surface area contributed by atoms with Gasteiger partial charge in [0.05, 0.1) is 18.2 Å². The van der Waals surface area contributed by atoms with Gasteiger partial charge < -0.3 is 9.67 Å². The second-order valence-electron chi connectivity index (χ2n) is 5.39. The van der Waals surface area contributed by atoms with Gasteiger partial charge in [0.1, 0.15) is 11.3 Å². The van der Waals surface area contributed by atoms with Gasteiger partial charge in [0, 0.05) is 19.6 Å². The summed E-state index contributed by atoms with van der Waals surface area (Å²) < 4.78 is 15.9. The number of halogens is 1. The molecular weight excluding hydrogens is 257 g/mol. The van der Waals surface area contributed by atoms with Gasteiger partial charge in [0.25, 0.3) is 0 Å². The highest BCUT2D eigenvalue weighted by atomic mass is 19.1. The summed E-state index contributed by atoms with van der Waals surface area (Å²) in [7, 11) is 0. The first-order valence-corrected chi connectivity index (χ1v) is 7.23. The third-order valence-corrected chi connectivity index (χ3v) is 4.05. The van der Waals surface area contributed by atoms with E-state index in [1.165, 1.54) is 6.07 Å². The van der Waals surface area contributed by atoms with E-state index in [0.717, 1.165) is 43.8 Å². The maximum atomic E-state index is 13.8. The minimum absolute atomic E-state index is 0.173. The Kier molecular flexibility index (Phi) is 3.72. The number of rotatable bonds is 3. The first-order valence-electron chi connectivity index (χ1n) is 7.23. The lowest BCUT2D eigenvalue weighted by Gasteiger charge is -2.29. The van der Waals surface area contributed by atoms with Crippen molar-refractivity contribution >= 4 is 11.0 Å². The second-order valence-corrected chi connectivity index (χ2v) is 5.39. The van der Waals surface area contributed by atoms with Gasteiger partial charge in [0.15, 0.2) is 5.82 Å². The molecule has 1 saturated heterocycles.